The molecule has 0 amide bonds. The first-order valence-electron chi connectivity index (χ1n) is 7.12. The molecule has 1 heterocycles. The first kappa shape index (κ1) is 12.5. The zero-order valence-corrected chi connectivity index (χ0v) is 13.4. The Morgan fingerprint density at radius 2 is 1.70 bits per heavy atom. The number of para-hydroxylation sites is 1. The van der Waals surface area contributed by atoms with Gasteiger partial charge in [-0.05, 0) is 64.8 Å². The number of hydrogen-bond donors (Lipinski definition) is 1. The molecule has 1 nitrogen and oxygen atoms in total. The predicted molar refractivity (Wildman–Crippen MR) is 92.1 cm³/mol. The second-order valence-corrected chi connectivity index (χ2v) is 6.94. The Bertz CT molecular complexity index is 750. The second-order valence-electron chi connectivity index (χ2n) is 5.69. The fourth-order valence-electron chi connectivity index (χ4n) is 3.48. The number of aromatic amines is 1. The summed E-state index contributed by atoms with van der Waals surface area (Å²) in [6, 6.07) is 17.7. The molecule has 0 atom stereocenters. The van der Waals surface area contributed by atoms with Crippen LogP contribution in [-0.2, 0) is 5.41 Å². The van der Waals surface area contributed by atoms with Crippen LogP contribution < -0.4 is 0 Å². The van der Waals surface area contributed by atoms with Crippen molar-refractivity contribution in [3.8, 4) is 0 Å². The van der Waals surface area contributed by atoms with Crippen LogP contribution in [0.25, 0.3) is 10.9 Å². The number of halogens is 1. The number of rotatable bonds is 2. The summed E-state index contributed by atoms with van der Waals surface area (Å²) in [5.41, 5.74) is 4.41. The lowest BCUT2D eigenvalue weighted by molar-refractivity contribution is 0.304. The van der Waals surface area contributed by atoms with Gasteiger partial charge in [-0.3, -0.25) is 0 Å². The van der Waals surface area contributed by atoms with Crippen LogP contribution in [0, 0.1) is 3.57 Å². The summed E-state index contributed by atoms with van der Waals surface area (Å²) in [7, 11) is 0. The molecule has 0 radical (unpaired) electrons. The second kappa shape index (κ2) is 4.62. The van der Waals surface area contributed by atoms with E-state index < -0.39 is 0 Å². The minimum absolute atomic E-state index is 0.226. The Hall–Kier alpha value is -1.29. The number of H-pyrrole nitrogens is 1. The zero-order valence-electron chi connectivity index (χ0n) is 11.2. The van der Waals surface area contributed by atoms with Crippen molar-refractivity contribution < 1.29 is 0 Å². The number of benzene rings is 2. The molecule has 1 aliphatic carbocycles. The molecule has 1 aromatic heterocycles. The molecule has 0 saturated heterocycles. The molecule has 0 aliphatic heterocycles. The molecule has 1 fully saturated rings. The van der Waals surface area contributed by atoms with Crippen LogP contribution in [-0.4, -0.2) is 4.98 Å². The Balaban J connectivity index is 1.91. The fraction of sp³-hybridized carbons (Fsp3) is 0.222. The Labute approximate surface area is 132 Å². The molecule has 0 unspecified atom stereocenters. The van der Waals surface area contributed by atoms with Crippen molar-refractivity contribution >= 4 is 33.5 Å². The van der Waals surface area contributed by atoms with Crippen molar-refractivity contribution in [1.29, 1.82) is 0 Å². The summed E-state index contributed by atoms with van der Waals surface area (Å²) >= 11 is 2.38. The van der Waals surface area contributed by atoms with Crippen LogP contribution in [0.3, 0.4) is 0 Å². The SMILES string of the molecule is Ic1ccc(C2(c3c[nH]c4ccccc34)CCC2)cc1. The fourth-order valence-corrected chi connectivity index (χ4v) is 3.84. The standard InChI is InChI=1S/C18H16IN/c19-14-8-6-13(7-9-14)18(10-3-11-18)16-12-20-17-5-2-1-4-15(16)17/h1-2,4-9,12,20H,3,10-11H2. The van der Waals surface area contributed by atoms with Crippen LogP contribution >= 0.6 is 22.6 Å². The molecule has 0 bridgehead atoms. The summed E-state index contributed by atoms with van der Waals surface area (Å²) in [6.45, 7) is 0. The van der Waals surface area contributed by atoms with Crippen LogP contribution in [0.2, 0.25) is 0 Å². The average molecular weight is 373 g/mol. The minimum Gasteiger partial charge on any atom is -0.361 e. The van der Waals surface area contributed by atoms with E-state index >= 15 is 0 Å². The number of aromatic nitrogens is 1. The van der Waals surface area contributed by atoms with Gasteiger partial charge in [0.25, 0.3) is 0 Å². The van der Waals surface area contributed by atoms with Gasteiger partial charge in [0, 0.05) is 26.1 Å². The molecule has 1 saturated carbocycles. The highest BCUT2D eigenvalue weighted by Gasteiger charge is 2.41. The third-order valence-electron chi connectivity index (χ3n) is 4.71. The average Bonchev–Trinajstić information content (AvgIpc) is 2.84. The van der Waals surface area contributed by atoms with Gasteiger partial charge in [-0.2, -0.15) is 0 Å². The van der Waals surface area contributed by atoms with Crippen LogP contribution in [0.4, 0.5) is 0 Å². The smallest absolute Gasteiger partial charge is 0.0457 e. The molecular weight excluding hydrogens is 357 g/mol. The molecule has 1 N–H and O–H groups in total. The van der Waals surface area contributed by atoms with Crippen LogP contribution in [0.5, 0.6) is 0 Å². The largest absolute Gasteiger partial charge is 0.361 e. The van der Waals surface area contributed by atoms with Gasteiger partial charge in [-0.25, -0.2) is 0 Å². The Morgan fingerprint density at radius 1 is 0.950 bits per heavy atom. The maximum absolute atomic E-state index is 3.44. The van der Waals surface area contributed by atoms with Gasteiger partial charge in [-0.1, -0.05) is 36.8 Å². The molecule has 3 aromatic rings. The van der Waals surface area contributed by atoms with E-state index in [4.69, 9.17) is 0 Å². The van der Waals surface area contributed by atoms with E-state index in [1.54, 1.807) is 0 Å². The lowest BCUT2D eigenvalue weighted by Crippen LogP contribution is -2.35. The van der Waals surface area contributed by atoms with E-state index in [1.165, 1.54) is 44.9 Å². The van der Waals surface area contributed by atoms with Crippen LogP contribution in [0.1, 0.15) is 30.4 Å². The Kier molecular flexibility index (Phi) is 2.88. The van der Waals surface area contributed by atoms with Crippen molar-refractivity contribution in [2.45, 2.75) is 24.7 Å². The summed E-state index contributed by atoms with van der Waals surface area (Å²) in [5, 5.41) is 1.38. The zero-order chi connectivity index (χ0) is 13.6. The van der Waals surface area contributed by atoms with Gasteiger partial charge in [-0.15, -0.1) is 0 Å². The molecule has 2 aromatic carbocycles. The first-order chi connectivity index (χ1) is 9.79. The van der Waals surface area contributed by atoms with E-state index in [2.05, 4.69) is 82.3 Å². The van der Waals surface area contributed by atoms with Crippen molar-refractivity contribution in [3.63, 3.8) is 0 Å². The van der Waals surface area contributed by atoms with Gasteiger partial charge < -0.3 is 4.98 Å². The molecule has 0 spiro atoms. The summed E-state index contributed by atoms with van der Waals surface area (Å²) in [4.78, 5) is 3.44. The van der Waals surface area contributed by atoms with Gasteiger partial charge in [0.1, 0.15) is 0 Å². The van der Waals surface area contributed by atoms with Gasteiger partial charge >= 0.3 is 0 Å². The van der Waals surface area contributed by atoms with Gasteiger partial charge in [0.05, 0.1) is 0 Å². The minimum atomic E-state index is 0.226. The van der Waals surface area contributed by atoms with E-state index in [-0.39, 0.29) is 5.41 Å². The van der Waals surface area contributed by atoms with Crippen LogP contribution in [0.15, 0.2) is 54.7 Å². The number of fused-ring (bicyclic) bond motifs is 1. The van der Waals surface area contributed by atoms with Gasteiger partial charge in [0.2, 0.25) is 0 Å². The number of nitrogens with one attached hydrogen (secondary N) is 1. The summed E-state index contributed by atoms with van der Waals surface area (Å²) in [6.07, 6.45) is 6.07. The van der Waals surface area contributed by atoms with E-state index in [9.17, 15) is 0 Å². The lowest BCUT2D eigenvalue weighted by Gasteiger charge is -2.42. The molecule has 2 heteroatoms. The van der Waals surface area contributed by atoms with Crippen molar-refractivity contribution in [3.05, 3.63) is 69.4 Å². The molecule has 4 rings (SSSR count). The highest BCUT2D eigenvalue weighted by Crippen LogP contribution is 2.50. The van der Waals surface area contributed by atoms with E-state index in [1.807, 2.05) is 0 Å². The molecule has 100 valence electrons. The topological polar surface area (TPSA) is 15.8 Å². The van der Waals surface area contributed by atoms with Crippen molar-refractivity contribution in [2.75, 3.05) is 0 Å². The normalized spacial score (nSPS) is 17.1. The van der Waals surface area contributed by atoms with Gasteiger partial charge in [0.15, 0.2) is 0 Å². The summed E-state index contributed by atoms with van der Waals surface area (Å²) in [5.74, 6) is 0. The highest BCUT2D eigenvalue weighted by atomic mass is 127. The van der Waals surface area contributed by atoms with Crippen molar-refractivity contribution in [1.82, 2.24) is 4.98 Å². The highest BCUT2D eigenvalue weighted by molar-refractivity contribution is 14.1. The van der Waals surface area contributed by atoms with E-state index in [0.29, 0.717) is 0 Å². The Morgan fingerprint density at radius 3 is 2.40 bits per heavy atom. The van der Waals surface area contributed by atoms with E-state index in [0.717, 1.165) is 0 Å². The maximum Gasteiger partial charge on any atom is 0.0457 e. The third-order valence-corrected chi connectivity index (χ3v) is 5.43. The maximum atomic E-state index is 3.44. The molecule has 20 heavy (non-hydrogen) atoms. The van der Waals surface area contributed by atoms with Crippen molar-refractivity contribution in [2.24, 2.45) is 0 Å². The predicted octanol–water partition coefficient (Wildman–Crippen LogP) is 5.24. The number of hydrogen-bond acceptors (Lipinski definition) is 0. The molecular formula is C18H16IN. The third kappa shape index (κ3) is 1.74. The molecule has 1 aliphatic rings. The summed E-state index contributed by atoms with van der Waals surface area (Å²) < 4.78 is 1.31. The lowest BCUT2D eigenvalue weighted by atomic mass is 9.60. The quantitative estimate of drug-likeness (QED) is 0.591. The first-order valence-corrected chi connectivity index (χ1v) is 8.20. The monoisotopic (exact) mass is 373 g/mol.